The van der Waals surface area contributed by atoms with Gasteiger partial charge in [-0.3, -0.25) is 4.79 Å². The Kier molecular flexibility index (Phi) is 6.14. The van der Waals surface area contributed by atoms with Gasteiger partial charge in [0.15, 0.2) is 0 Å². The number of rotatable bonds is 7. The molecule has 0 saturated heterocycles. The third kappa shape index (κ3) is 4.23. The van der Waals surface area contributed by atoms with E-state index in [9.17, 15) is 4.79 Å². The molecule has 2 aromatic rings. The molecular formula is C18H23N3O3. The predicted octanol–water partition coefficient (Wildman–Crippen LogP) is 2.20. The van der Waals surface area contributed by atoms with Crippen LogP contribution in [0.1, 0.15) is 10.4 Å². The van der Waals surface area contributed by atoms with E-state index in [4.69, 9.17) is 9.47 Å². The number of benzene rings is 1. The van der Waals surface area contributed by atoms with Gasteiger partial charge >= 0.3 is 0 Å². The van der Waals surface area contributed by atoms with Crippen molar-refractivity contribution in [3.8, 4) is 17.0 Å². The predicted molar refractivity (Wildman–Crippen MR) is 94.8 cm³/mol. The average Bonchev–Trinajstić information content (AvgIpc) is 2.61. The van der Waals surface area contributed by atoms with E-state index in [1.54, 1.807) is 20.3 Å². The zero-order valence-corrected chi connectivity index (χ0v) is 14.5. The summed E-state index contributed by atoms with van der Waals surface area (Å²) in [5.41, 5.74) is 2.25. The van der Waals surface area contributed by atoms with Crippen LogP contribution in [0.15, 0.2) is 36.4 Å². The summed E-state index contributed by atoms with van der Waals surface area (Å²) in [5, 5.41) is 2.82. The van der Waals surface area contributed by atoms with Gasteiger partial charge in [0, 0.05) is 33.3 Å². The lowest BCUT2D eigenvalue weighted by Gasteiger charge is -2.17. The first-order chi connectivity index (χ1) is 11.6. The second kappa shape index (κ2) is 8.31. The SMILES string of the molecule is COCCNC(=O)c1ccc(-c2cccc(OC)c2)nc1N(C)C. The molecule has 6 heteroatoms. The fourth-order valence-electron chi connectivity index (χ4n) is 2.27. The Morgan fingerprint density at radius 2 is 2.00 bits per heavy atom. The van der Waals surface area contributed by atoms with Crippen LogP contribution in [0.25, 0.3) is 11.3 Å². The van der Waals surface area contributed by atoms with E-state index in [0.717, 1.165) is 17.0 Å². The van der Waals surface area contributed by atoms with Crippen LogP contribution in [0, 0.1) is 0 Å². The van der Waals surface area contributed by atoms with Gasteiger partial charge in [-0.2, -0.15) is 0 Å². The highest BCUT2D eigenvalue weighted by Gasteiger charge is 2.15. The molecule has 0 fully saturated rings. The number of carbonyl (C=O) groups is 1. The minimum Gasteiger partial charge on any atom is -0.497 e. The molecule has 0 aliphatic heterocycles. The van der Waals surface area contributed by atoms with Gasteiger partial charge in [-0.05, 0) is 24.3 Å². The lowest BCUT2D eigenvalue weighted by molar-refractivity contribution is 0.0937. The zero-order valence-electron chi connectivity index (χ0n) is 14.5. The second-order valence-electron chi connectivity index (χ2n) is 5.44. The maximum Gasteiger partial charge on any atom is 0.255 e. The minimum atomic E-state index is -0.166. The lowest BCUT2D eigenvalue weighted by atomic mass is 10.1. The Balaban J connectivity index is 2.33. The van der Waals surface area contributed by atoms with Gasteiger partial charge in [0.25, 0.3) is 5.91 Å². The van der Waals surface area contributed by atoms with E-state index < -0.39 is 0 Å². The van der Waals surface area contributed by atoms with Gasteiger partial charge in [0.05, 0.1) is 25.0 Å². The number of anilines is 1. The summed E-state index contributed by atoms with van der Waals surface area (Å²) >= 11 is 0. The van der Waals surface area contributed by atoms with Crippen molar-refractivity contribution in [2.24, 2.45) is 0 Å². The molecule has 0 unspecified atom stereocenters. The van der Waals surface area contributed by atoms with E-state index in [1.807, 2.05) is 49.3 Å². The van der Waals surface area contributed by atoms with Crippen LogP contribution in [0.2, 0.25) is 0 Å². The molecule has 6 nitrogen and oxygen atoms in total. The number of carbonyl (C=O) groups excluding carboxylic acids is 1. The third-order valence-electron chi connectivity index (χ3n) is 3.50. The van der Waals surface area contributed by atoms with Crippen molar-refractivity contribution in [3.05, 3.63) is 42.0 Å². The van der Waals surface area contributed by atoms with Crippen LogP contribution in [-0.2, 0) is 4.74 Å². The number of hydrogen-bond donors (Lipinski definition) is 1. The fraction of sp³-hybridized carbons (Fsp3) is 0.333. The molecule has 1 amide bonds. The maximum atomic E-state index is 12.3. The average molecular weight is 329 g/mol. The van der Waals surface area contributed by atoms with Crippen LogP contribution < -0.4 is 15.0 Å². The molecule has 0 atom stereocenters. The molecular weight excluding hydrogens is 306 g/mol. The number of methoxy groups -OCH3 is 2. The molecule has 1 aromatic heterocycles. The zero-order chi connectivity index (χ0) is 17.5. The first-order valence-electron chi connectivity index (χ1n) is 7.66. The minimum absolute atomic E-state index is 0.166. The van der Waals surface area contributed by atoms with Crippen molar-refractivity contribution < 1.29 is 14.3 Å². The molecule has 0 aliphatic rings. The topological polar surface area (TPSA) is 63.7 Å². The van der Waals surface area contributed by atoms with Gasteiger partial charge in [0.1, 0.15) is 11.6 Å². The number of ether oxygens (including phenoxy) is 2. The molecule has 0 aliphatic carbocycles. The summed E-state index contributed by atoms with van der Waals surface area (Å²) in [4.78, 5) is 18.8. The quantitative estimate of drug-likeness (QED) is 0.789. The fourth-order valence-corrected chi connectivity index (χ4v) is 2.27. The highest BCUT2D eigenvalue weighted by Crippen LogP contribution is 2.26. The van der Waals surface area contributed by atoms with Crippen LogP contribution in [0.4, 0.5) is 5.82 Å². The number of pyridine rings is 1. The summed E-state index contributed by atoms with van der Waals surface area (Å²) in [6, 6.07) is 11.3. The van der Waals surface area contributed by atoms with Crippen LogP contribution in [-0.4, -0.2) is 52.4 Å². The first-order valence-corrected chi connectivity index (χ1v) is 7.66. The van der Waals surface area contributed by atoms with Gasteiger partial charge in [-0.25, -0.2) is 4.98 Å². The lowest BCUT2D eigenvalue weighted by Crippen LogP contribution is -2.29. The van der Waals surface area contributed by atoms with E-state index in [1.165, 1.54) is 0 Å². The summed E-state index contributed by atoms with van der Waals surface area (Å²) < 4.78 is 10.2. The van der Waals surface area contributed by atoms with Crippen molar-refractivity contribution in [3.63, 3.8) is 0 Å². The molecule has 1 N–H and O–H groups in total. The summed E-state index contributed by atoms with van der Waals surface area (Å²) in [7, 11) is 6.96. The Morgan fingerprint density at radius 3 is 2.67 bits per heavy atom. The third-order valence-corrected chi connectivity index (χ3v) is 3.50. The Morgan fingerprint density at radius 1 is 1.21 bits per heavy atom. The molecule has 1 heterocycles. The molecule has 0 spiro atoms. The summed E-state index contributed by atoms with van der Waals surface area (Å²) in [5.74, 6) is 1.22. The summed E-state index contributed by atoms with van der Waals surface area (Å²) in [6.45, 7) is 0.929. The largest absolute Gasteiger partial charge is 0.497 e. The molecule has 1 aromatic carbocycles. The molecule has 24 heavy (non-hydrogen) atoms. The Bertz CT molecular complexity index is 702. The molecule has 0 saturated carbocycles. The first kappa shape index (κ1) is 17.7. The Labute approximate surface area is 142 Å². The molecule has 0 bridgehead atoms. The highest BCUT2D eigenvalue weighted by molar-refractivity contribution is 5.99. The number of hydrogen-bond acceptors (Lipinski definition) is 5. The van der Waals surface area contributed by atoms with E-state index in [0.29, 0.717) is 24.5 Å². The highest BCUT2D eigenvalue weighted by atomic mass is 16.5. The monoisotopic (exact) mass is 329 g/mol. The Hall–Kier alpha value is -2.60. The summed E-state index contributed by atoms with van der Waals surface area (Å²) in [6.07, 6.45) is 0. The van der Waals surface area contributed by atoms with Crippen molar-refractivity contribution in [1.29, 1.82) is 0 Å². The van der Waals surface area contributed by atoms with Crippen molar-refractivity contribution in [1.82, 2.24) is 10.3 Å². The van der Waals surface area contributed by atoms with Crippen LogP contribution in [0.5, 0.6) is 5.75 Å². The second-order valence-corrected chi connectivity index (χ2v) is 5.44. The number of nitrogens with zero attached hydrogens (tertiary/aromatic N) is 2. The van der Waals surface area contributed by atoms with E-state index in [2.05, 4.69) is 10.3 Å². The van der Waals surface area contributed by atoms with Crippen molar-refractivity contribution >= 4 is 11.7 Å². The normalized spacial score (nSPS) is 10.3. The maximum absolute atomic E-state index is 12.3. The van der Waals surface area contributed by atoms with Crippen LogP contribution >= 0.6 is 0 Å². The van der Waals surface area contributed by atoms with Crippen molar-refractivity contribution in [2.75, 3.05) is 46.4 Å². The van der Waals surface area contributed by atoms with Crippen LogP contribution in [0.3, 0.4) is 0 Å². The standard InChI is InChI=1S/C18H23N3O3/c1-21(2)17-15(18(22)19-10-11-23-3)8-9-16(20-17)13-6-5-7-14(12-13)24-4/h5-9,12H,10-11H2,1-4H3,(H,19,22). The molecule has 0 radical (unpaired) electrons. The molecule has 128 valence electrons. The number of nitrogens with one attached hydrogen (secondary N) is 1. The number of aromatic nitrogens is 1. The molecule has 2 rings (SSSR count). The van der Waals surface area contributed by atoms with E-state index >= 15 is 0 Å². The van der Waals surface area contributed by atoms with E-state index in [-0.39, 0.29) is 5.91 Å². The van der Waals surface area contributed by atoms with Gasteiger partial charge < -0.3 is 19.7 Å². The smallest absolute Gasteiger partial charge is 0.255 e. The number of amides is 1. The van der Waals surface area contributed by atoms with Gasteiger partial charge in [-0.1, -0.05) is 12.1 Å². The van der Waals surface area contributed by atoms with Gasteiger partial charge in [0.2, 0.25) is 0 Å². The van der Waals surface area contributed by atoms with Gasteiger partial charge in [-0.15, -0.1) is 0 Å². The van der Waals surface area contributed by atoms with Crippen molar-refractivity contribution in [2.45, 2.75) is 0 Å².